The second kappa shape index (κ2) is 9.37. The molecule has 0 saturated carbocycles. The van der Waals surface area contributed by atoms with Gasteiger partial charge in [0.25, 0.3) is 5.22 Å². The molecule has 0 radical (unpaired) electrons. The lowest BCUT2D eigenvalue weighted by atomic mass is 10.00. The van der Waals surface area contributed by atoms with Gasteiger partial charge in [0.15, 0.2) is 0 Å². The second-order valence-electron chi connectivity index (χ2n) is 6.62. The Bertz CT molecular complexity index is 1210. The van der Waals surface area contributed by atoms with Gasteiger partial charge in [0.05, 0.1) is 25.9 Å². The molecular formula is C24H19N3O3S. The summed E-state index contributed by atoms with van der Waals surface area (Å²) in [6.45, 7) is 0. The van der Waals surface area contributed by atoms with Crippen molar-refractivity contribution in [2.24, 2.45) is 0 Å². The van der Waals surface area contributed by atoms with Crippen LogP contribution < -0.4 is 9.47 Å². The molecule has 1 heterocycles. The molecule has 1 aromatic heterocycles. The molecule has 0 fully saturated rings. The minimum Gasteiger partial charge on any atom is -0.497 e. The zero-order chi connectivity index (χ0) is 21.6. The van der Waals surface area contributed by atoms with Crippen molar-refractivity contribution in [3.63, 3.8) is 0 Å². The molecule has 6 nitrogen and oxygen atoms in total. The van der Waals surface area contributed by atoms with Crippen LogP contribution in [-0.2, 0) is 5.75 Å². The molecule has 0 spiro atoms. The maximum atomic E-state index is 9.30. The molecule has 4 rings (SSSR count). The van der Waals surface area contributed by atoms with E-state index in [0.29, 0.717) is 33.9 Å². The van der Waals surface area contributed by atoms with Crippen molar-refractivity contribution in [2.45, 2.75) is 11.0 Å². The van der Waals surface area contributed by atoms with Crippen LogP contribution in [0, 0.1) is 11.3 Å². The van der Waals surface area contributed by atoms with Crippen LogP contribution in [0.2, 0.25) is 0 Å². The van der Waals surface area contributed by atoms with Crippen molar-refractivity contribution in [2.75, 3.05) is 14.2 Å². The molecule has 0 aliphatic carbocycles. The Balaban J connectivity index is 1.45. The maximum Gasteiger partial charge on any atom is 0.277 e. The van der Waals surface area contributed by atoms with Crippen LogP contribution in [0.4, 0.5) is 0 Å². The van der Waals surface area contributed by atoms with Crippen LogP contribution >= 0.6 is 11.8 Å². The lowest BCUT2D eigenvalue weighted by Gasteiger charge is -2.06. The summed E-state index contributed by atoms with van der Waals surface area (Å²) in [5.41, 5.74) is 4.46. The van der Waals surface area contributed by atoms with Gasteiger partial charge in [-0.3, -0.25) is 0 Å². The van der Waals surface area contributed by atoms with Crippen LogP contribution in [0.25, 0.3) is 22.6 Å². The largest absolute Gasteiger partial charge is 0.497 e. The zero-order valence-corrected chi connectivity index (χ0v) is 17.8. The van der Waals surface area contributed by atoms with Gasteiger partial charge in [-0.2, -0.15) is 5.26 Å². The molecule has 0 atom stereocenters. The van der Waals surface area contributed by atoms with Gasteiger partial charge in [0.1, 0.15) is 11.5 Å². The minimum atomic E-state index is 0.406. The standard InChI is InChI=1S/C24H19N3O3S/c1-28-20-11-19(12-21(13-20)29-2)23-26-27-24(30-23)31-15-16-7-9-17(10-8-16)22-6-4-3-5-18(22)14-25/h3-13H,15H2,1-2H3. The van der Waals surface area contributed by atoms with Crippen LogP contribution in [0.3, 0.4) is 0 Å². The average Bonchev–Trinajstić information content (AvgIpc) is 3.32. The first-order valence-electron chi connectivity index (χ1n) is 9.48. The summed E-state index contributed by atoms with van der Waals surface area (Å²) in [7, 11) is 3.19. The number of hydrogen-bond donors (Lipinski definition) is 0. The van der Waals surface area contributed by atoms with E-state index >= 15 is 0 Å². The van der Waals surface area contributed by atoms with Gasteiger partial charge >= 0.3 is 0 Å². The fourth-order valence-electron chi connectivity index (χ4n) is 3.07. The molecule has 0 unspecified atom stereocenters. The first-order chi connectivity index (χ1) is 15.2. The Labute approximate surface area is 184 Å². The van der Waals surface area contributed by atoms with E-state index in [-0.39, 0.29) is 0 Å². The monoisotopic (exact) mass is 429 g/mol. The van der Waals surface area contributed by atoms with Gasteiger partial charge in [-0.25, -0.2) is 0 Å². The van der Waals surface area contributed by atoms with Gasteiger partial charge in [-0.1, -0.05) is 54.2 Å². The summed E-state index contributed by atoms with van der Waals surface area (Å²) in [5.74, 6) is 2.39. The quantitative estimate of drug-likeness (QED) is 0.354. The molecule has 0 amide bonds. The first kappa shape index (κ1) is 20.5. The summed E-state index contributed by atoms with van der Waals surface area (Å²) >= 11 is 1.46. The van der Waals surface area contributed by atoms with Gasteiger partial charge in [0.2, 0.25) is 5.89 Å². The molecule has 0 aliphatic rings. The molecule has 0 saturated heterocycles. The molecule has 0 bridgehead atoms. The third-order valence-electron chi connectivity index (χ3n) is 4.68. The number of aromatic nitrogens is 2. The zero-order valence-electron chi connectivity index (χ0n) is 17.0. The predicted molar refractivity (Wildman–Crippen MR) is 119 cm³/mol. The van der Waals surface area contributed by atoms with Crippen molar-refractivity contribution < 1.29 is 13.9 Å². The van der Waals surface area contributed by atoms with E-state index in [4.69, 9.17) is 13.9 Å². The predicted octanol–water partition coefficient (Wildman–Crippen LogP) is 5.58. The number of benzene rings is 3. The van der Waals surface area contributed by atoms with Gasteiger partial charge in [0, 0.05) is 17.4 Å². The average molecular weight is 430 g/mol. The highest BCUT2D eigenvalue weighted by Crippen LogP contribution is 2.31. The Morgan fingerprint density at radius 2 is 1.61 bits per heavy atom. The van der Waals surface area contributed by atoms with Crippen molar-refractivity contribution in [1.29, 1.82) is 5.26 Å². The number of nitrogens with zero attached hydrogens (tertiary/aromatic N) is 3. The normalized spacial score (nSPS) is 10.5. The van der Waals surface area contributed by atoms with Crippen molar-refractivity contribution in [3.05, 3.63) is 77.9 Å². The molecular weight excluding hydrogens is 410 g/mol. The number of ether oxygens (including phenoxy) is 2. The maximum absolute atomic E-state index is 9.30. The summed E-state index contributed by atoms with van der Waals surface area (Å²) in [6, 6.07) is 23.4. The molecule has 0 aliphatic heterocycles. The highest BCUT2D eigenvalue weighted by atomic mass is 32.2. The van der Waals surface area contributed by atoms with Crippen LogP contribution in [-0.4, -0.2) is 24.4 Å². The smallest absolute Gasteiger partial charge is 0.277 e. The highest BCUT2D eigenvalue weighted by molar-refractivity contribution is 7.98. The number of nitriles is 1. The highest BCUT2D eigenvalue weighted by Gasteiger charge is 2.12. The SMILES string of the molecule is COc1cc(OC)cc(-c2nnc(SCc3ccc(-c4ccccc4C#N)cc3)o2)c1. The fourth-order valence-corrected chi connectivity index (χ4v) is 3.79. The second-order valence-corrected chi connectivity index (χ2v) is 7.54. The topological polar surface area (TPSA) is 81.2 Å². The molecule has 31 heavy (non-hydrogen) atoms. The number of rotatable bonds is 7. The van der Waals surface area contributed by atoms with Crippen LogP contribution in [0.5, 0.6) is 11.5 Å². The van der Waals surface area contributed by atoms with E-state index in [2.05, 4.69) is 16.3 Å². The van der Waals surface area contributed by atoms with Gasteiger partial charge in [-0.05, 0) is 34.9 Å². The third-order valence-corrected chi connectivity index (χ3v) is 5.57. The van der Waals surface area contributed by atoms with Gasteiger partial charge < -0.3 is 13.9 Å². The molecule has 0 N–H and O–H groups in total. The summed E-state index contributed by atoms with van der Waals surface area (Å²) in [6.07, 6.45) is 0. The molecule has 4 aromatic rings. The van der Waals surface area contributed by atoms with E-state index in [9.17, 15) is 5.26 Å². The molecule has 7 heteroatoms. The summed E-state index contributed by atoms with van der Waals surface area (Å²) in [5, 5.41) is 18.1. The van der Waals surface area contributed by atoms with E-state index < -0.39 is 0 Å². The Morgan fingerprint density at radius 1 is 0.903 bits per heavy atom. The Hall–Kier alpha value is -3.76. The van der Waals surface area contributed by atoms with Crippen molar-refractivity contribution >= 4 is 11.8 Å². The van der Waals surface area contributed by atoms with E-state index in [1.165, 1.54) is 11.8 Å². The minimum absolute atomic E-state index is 0.406. The van der Waals surface area contributed by atoms with E-state index in [1.54, 1.807) is 20.3 Å². The molecule has 3 aromatic carbocycles. The summed E-state index contributed by atoms with van der Waals surface area (Å²) < 4.78 is 16.4. The fraction of sp³-hybridized carbons (Fsp3) is 0.125. The third kappa shape index (κ3) is 4.71. The number of hydrogen-bond acceptors (Lipinski definition) is 7. The lowest BCUT2D eigenvalue weighted by Crippen LogP contribution is -1.88. The number of thioether (sulfide) groups is 1. The number of methoxy groups -OCH3 is 2. The van der Waals surface area contributed by atoms with Crippen LogP contribution in [0.15, 0.2) is 76.4 Å². The van der Waals surface area contributed by atoms with Crippen LogP contribution in [0.1, 0.15) is 11.1 Å². The van der Waals surface area contributed by atoms with Gasteiger partial charge in [-0.15, -0.1) is 10.2 Å². The summed E-state index contributed by atoms with van der Waals surface area (Å²) in [4.78, 5) is 0. The first-order valence-corrected chi connectivity index (χ1v) is 10.5. The molecule has 154 valence electrons. The van der Waals surface area contributed by atoms with E-state index in [0.717, 1.165) is 22.3 Å². The van der Waals surface area contributed by atoms with Crippen molar-refractivity contribution in [3.8, 4) is 40.1 Å². The lowest BCUT2D eigenvalue weighted by molar-refractivity contribution is 0.394. The van der Waals surface area contributed by atoms with Crippen molar-refractivity contribution in [1.82, 2.24) is 10.2 Å². The van der Waals surface area contributed by atoms with E-state index in [1.807, 2.05) is 60.7 Å². The Kier molecular flexibility index (Phi) is 6.20. The Morgan fingerprint density at radius 3 is 2.29 bits per heavy atom.